The summed E-state index contributed by atoms with van der Waals surface area (Å²) >= 11 is 0. The van der Waals surface area contributed by atoms with Gasteiger partial charge in [-0.2, -0.15) is 0 Å². The smallest absolute Gasteiger partial charge is 0.252 e. The Morgan fingerprint density at radius 3 is 2.50 bits per heavy atom. The lowest BCUT2D eigenvalue weighted by Crippen LogP contribution is -2.28. The van der Waals surface area contributed by atoms with E-state index >= 15 is 0 Å². The van der Waals surface area contributed by atoms with Crippen LogP contribution in [0.3, 0.4) is 0 Å². The van der Waals surface area contributed by atoms with Gasteiger partial charge in [0.15, 0.2) is 0 Å². The van der Waals surface area contributed by atoms with Gasteiger partial charge in [0, 0.05) is 0 Å². The van der Waals surface area contributed by atoms with Crippen molar-refractivity contribution in [1.29, 1.82) is 0 Å². The van der Waals surface area contributed by atoms with Crippen LogP contribution >= 0.6 is 0 Å². The highest BCUT2D eigenvalue weighted by Gasteiger charge is 2.12. The SMILES string of the molecule is O=C(NCCOc1ccc(F)cc1)/C(=C/c1ccco1)c1ccccc1. The molecule has 1 amide bonds. The van der Waals surface area contributed by atoms with Crippen LogP contribution in [0.15, 0.2) is 77.4 Å². The molecule has 1 heterocycles. The van der Waals surface area contributed by atoms with E-state index in [0.29, 0.717) is 23.6 Å². The standard InChI is InChI=1S/C21H18FNO3/c22-17-8-10-18(11-9-17)26-14-12-23-21(24)20(15-19-7-4-13-25-19)16-5-2-1-3-6-16/h1-11,13,15H,12,14H2,(H,23,24)/b20-15+. The number of benzene rings is 2. The Hall–Kier alpha value is -3.34. The van der Waals surface area contributed by atoms with Crippen molar-refractivity contribution in [2.75, 3.05) is 13.2 Å². The molecule has 0 aliphatic rings. The zero-order chi connectivity index (χ0) is 18.2. The molecule has 1 aromatic heterocycles. The molecular formula is C21H18FNO3. The molecule has 132 valence electrons. The molecule has 3 aromatic rings. The number of ether oxygens (including phenoxy) is 1. The van der Waals surface area contributed by atoms with Crippen molar-refractivity contribution < 1.29 is 18.3 Å². The van der Waals surface area contributed by atoms with E-state index in [1.807, 2.05) is 30.3 Å². The lowest BCUT2D eigenvalue weighted by Gasteiger charge is -2.10. The Kier molecular flexibility index (Phi) is 5.83. The summed E-state index contributed by atoms with van der Waals surface area (Å²) in [5, 5.41) is 2.83. The van der Waals surface area contributed by atoms with Crippen LogP contribution in [0.1, 0.15) is 11.3 Å². The molecule has 0 bridgehead atoms. The fourth-order valence-corrected chi connectivity index (χ4v) is 2.37. The summed E-state index contributed by atoms with van der Waals surface area (Å²) in [5.41, 5.74) is 1.29. The highest BCUT2D eigenvalue weighted by molar-refractivity contribution is 6.24. The zero-order valence-corrected chi connectivity index (χ0v) is 14.0. The maximum absolute atomic E-state index is 12.9. The predicted octanol–water partition coefficient (Wildman–Crippen LogP) is 4.15. The van der Waals surface area contributed by atoms with E-state index in [4.69, 9.17) is 9.15 Å². The molecule has 4 nitrogen and oxygen atoms in total. The van der Waals surface area contributed by atoms with Gasteiger partial charge >= 0.3 is 0 Å². The molecule has 0 aliphatic heterocycles. The molecule has 0 atom stereocenters. The Balaban J connectivity index is 1.62. The number of carbonyl (C=O) groups excluding carboxylic acids is 1. The number of rotatable bonds is 7. The van der Waals surface area contributed by atoms with Crippen molar-refractivity contribution in [2.24, 2.45) is 0 Å². The number of amides is 1. The molecule has 0 saturated carbocycles. The van der Waals surface area contributed by atoms with Crippen LogP contribution in [-0.2, 0) is 4.79 Å². The first-order valence-corrected chi connectivity index (χ1v) is 8.19. The number of hydrogen-bond acceptors (Lipinski definition) is 3. The van der Waals surface area contributed by atoms with Gasteiger partial charge in [-0.15, -0.1) is 0 Å². The summed E-state index contributed by atoms with van der Waals surface area (Å²) in [7, 11) is 0. The van der Waals surface area contributed by atoms with E-state index in [0.717, 1.165) is 5.56 Å². The van der Waals surface area contributed by atoms with E-state index in [2.05, 4.69) is 5.32 Å². The first kappa shape index (κ1) is 17.5. The third kappa shape index (κ3) is 4.83. The zero-order valence-electron chi connectivity index (χ0n) is 14.0. The van der Waals surface area contributed by atoms with Crippen molar-refractivity contribution in [3.8, 4) is 5.75 Å². The van der Waals surface area contributed by atoms with Crippen LogP contribution < -0.4 is 10.1 Å². The van der Waals surface area contributed by atoms with Gasteiger partial charge in [0.1, 0.15) is 23.9 Å². The minimum absolute atomic E-state index is 0.227. The number of nitrogens with one attached hydrogen (secondary N) is 1. The molecule has 0 saturated heterocycles. The third-order valence-corrected chi connectivity index (χ3v) is 3.63. The average molecular weight is 351 g/mol. The van der Waals surface area contributed by atoms with Gasteiger partial charge in [-0.05, 0) is 48.0 Å². The van der Waals surface area contributed by atoms with Gasteiger partial charge in [0.25, 0.3) is 5.91 Å². The van der Waals surface area contributed by atoms with Crippen LogP contribution in [0, 0.1) is 5.82 Å². The first-order valence-electron chi connectivity index (χ1n) is 8.19. The molecule has 26 heavy (non-hydrogen) atoms. The summed E-state index contributed by atoms with van der Waals surface area (Å²) in [4.78, 5) is 12.6. The van der Waals surface area contributed by atoms with Crippen molar-refractivity contribution in [1.82, 2.24) is 5.32 Å². The average Bonchev–Trinajstić information content (AvgIpc) is 3.18. The fraction of sp³-hybridized carbons (Fsp3) is 0.0952. The Bertz CT molecular complexity index is 856. The second kappa shape index (κ2) is 8.67. The van der Waals surface area contributed by atoms with Crippen LogP contribution in [0.25, 0.3) is 11.6 Å². The van der Waals surface area contributed by atoms with E-state index in [1.165, 1.54) is 12.1 Å². The van der Waals surface area contributed by atoms with Crippen LogP contribution in [0.5, 0.6) is 5.75 Å². The predicted molar refractivity (Wildman–Crippen MR) is 97.9 cm³/mol. The lowest BCUT2D eigenvalue weighted by atomic mass is 10.0. The first-order chi connectivity index (χ1) is 12.7. The Morgan fingerprint density at radius 1 is 1.04 bits per heavy atom. The van der Waals surface area contributed by atoms with Crippen molar-refractivity contribution in [3.05, 3.63) is 90.1 Å². The minimum atomic E-state index is -0.318. The highest BCUT2D eigenvalue weighted by atomic mass is 19.1. The number of furan rings is 1. The van der Waals surface area contributed by atoms with E-state index < -0.39 is 0 Å². The second-order valence-corrected chi connectivity index (χ2v) is 5.50. The summed E-state index contributed by atoms with van der Waals surface area (Å²) in [6.45, 7) is 0.596. The molecule has 0 spiro atoms. The lowest BCUT2D eigenvalue weighted by molar-refractivity contribution is -0.115. The molecule has 1 N–H and O–H groups in total. The van der Waals surface area contributed by atoms with E-state index in [9.17, 15) is 9.18 Å². The Labute approximate surface area is 150 Å². The molecule has 0 radical (unpaired) electrons. The summed E-state index contributed by atoms with van der Waals surface area (Å²) in [5.74, 6) is 0.605. The van der Waals surface area contributed by atoms with Crippen molar-refractivity contribution in [2.45, 2.75) is 0 Å². The van der Waals surface area contributed by atoms with Gasteiger partial charge in [-0.25, -0.2) is 4.39 Å². The minimum Gasteiger partial charge on any atom is -0.492 e. The topological polar surface area (TPSA) is 51.5 Å². The maximum atomic E-state index is 12.9. The molecule has 5 heteroatoms. The second-order valence-electron chi connectivity index (χ2n) is 5.50. The van der Waals surface area contributed by atoms with Gasteiger partial charge < -0.3 is 14.5 Å². The molecule has 3 rings (SSSR count). The molecule has 0 unspecified atom stereocenters. The Morgan fingerprint density at radius 2 is 1.81 bits per heavy atom. The van der Waals surface area contributed by atoms with Gasteiger partial charge in [0.05, 0.1) is 18.4 Å². The van der Waals surface area contributed by atoms with Crippen LogP contribution in [0.2, 0.25) is 0 Å². The fourth-order valence-electron chi connectivity index (χ4n) is 2.37. The van der Waals surface area contributed by atoms with E-state index in [1.54, 1.807) is 36.6 Å². The molecule has 0 fully saturated rings. The third-order valence-electron chi connectivity index (χ3n) is 3.63. The largest absolute Gasteiger partial charge is 0.492 e. The normalized spacial score (nSPS) is 11.2. The molecule has 0 aliphatic carbocycles. The van der Waals surface area contributed by atoms with Crippen molar-refractivity contribution in [3.63, 3.8) is 0 Å². The highest BCUT2D eigenvalue weighted by Crippen LogP contribution is 2.18. The van der Waals surface area contributed by atoms with Crippen LogP contribution in [-0.4, -0.2) is 19.1 Å². The quantitative estimate of drug-likeness (QED) is 0.514. The number of hydrogen-bond donors (Lipinski definition) is 1. The number of carbonyl (C=O) groups is 1. The summed E-state index contributed by atoms with van der Waals surface area (Å²) in [6.07, 6.45) is 3.26. The van der Waals surface area contributed by atoms with Gasteiger partial charge in [-0.1, -0.05) is 30.3 Å². The number of halogens is 1. The summed E-state index contributed by atoms with van der Waals surface area (Å²) in [6, 6.07) is 18.7. The van der Waals surface area contributed by atoms with Crippen LogP contribution in [0.4, 0.5) is 4.39 Å². The summed E-state index contributed by atoms with van der Waals surface area (Å²) < 4.78 is 23.7. The monoisotopic (exact) mass is 351 g/mol. The van der Waals surface area contributed by atoms with Gasteiger partial charge in [0.2, 0.25) is 0 Å². The molecule has 2 aromatic carbocycles. The molecular weight excluding hydrogens is 333 g/mol. The maximum Gasteiger partial charge on any atom is 0.252 e. The van der Waals surface area contributed by atoms with Crippen molar-refractivity contribution >= 4 is 17.6 Å². The van der Waals surface area contributed by atoms with Gasteiger partial charge in [-0.3, -0.25) is 4.79 Å². The van der Waals surface area contributed by atoms with E-state index in [-0.39, 0.29) is 18.3 Å².